The third kappa shape index (κ3) is 3.95. The normalized spacial score (nSPS) is 15.5. The van der Waals surface area contributed by atoms with Crippen LogP contribution in [0.5, 0.6) is 0 Å². The van der Waals surface area contributed by atoms with Crippen LogP contribution in [-0.4, -0.2) is 28.3 Å². The lowest BCUT2D eigenvalue weighted by Crippen LogP contribution is -2.37. The number of anilines is 2. The number of Topliss-reactive ketones (excluding diaryl/α,β-unsaturated/α-hetero) is 1. The largest absolute Gasteiger partial charge is 0.329 e. The van der Waals surface area contributed by atoms with Crippen molar-refractivity contribution in [3.8, 4) is 11.3 Å². The first-order valence-electron chi connectivity index (χ1n) is 9.57. The Morgan fingerprint density at radius 3 is 2.73 bits per heavy atom. The van der Waals surface area contributed by atoms with Crippen molar-refractivity contribution >= 4 is 45.7 Å². The molecule has 8 heteroatoms. The molecular formula is C22H21ClN4O2S. The number of carbonyl (C=O) groups excluding carboxylic acids is 2. The van der Waals surface area contributed by atoms with Crippen LogP contribution in [0, 0.1) is 12.3 Å². The molecule has 0 unspecified atom stereocenters. The first kappa shape index (κ1) is 20.5. The highest BCUT2D eigenvalue weighted by Gasteiger charge is 2.37. The number of nitrogens with zero attached hydrogens (tertiary/aromatic N) is 3. The lowest BCUT2D eigenvalue weighted by Gasteiger charge is -2.22. The second-order valence-corrected chi connectivity index (χ2v) is 9.21. The Kier molecular flexibility index (Phi) is 5.34. The fraction of sp³-hybridized carbons (Fsp3) is 0.273. The molecule has 30 heavy (non-hydrogen) atoms. The number of halogens is 1. The maximum Gasteiger partial charge on any atom is 0.329 e. The number of hydrogen-bond acceptors (Lipinski definition) is 5. The van der Waals surface area contributed by atoms with Gasteiger partial charge in [0.15, 0.2) is 10.9 Å². The number of carbonyl (C=O) groups is 2. The number of hydrogen-bond donors (Lipinski definition) is 1. The van der Waals surface area contributed by atoms with Crippen molar-refractivity contribution in [1.29, 1.82) is 0 Å². The molecule has 0 bridgehead atoms. The van der Waals surface area contributed by atoms with Crippen molar-refractivity contribution in [3.05, 3.63) is 58.1 Å². The number of urea groups is 1. The van der Waals surface area contributed by atoms with Gasteiger partial charge in [-0.3, -0.25) is 15.0 Å². The summed E-state index contributed by atoms with van der Waals surface area (Å²) >= 11 is 7.49. The Bertz CT molecular complexity index is 1140. The van der Waals surface area contributed by atoms with Crippen LogP contribution in [0.4, 0.5) is 15.7 Å². The molecule has 0 saturated carbocycles. The zero-order valence-electron chi connectivity index (χ0n) is 16.9. The van der Waals surface area contributed by atoms with Crippen molar-refractivity contribution in [2.75, 3.05) is 16.8 Å². The fourth-order valence-electron chi connectivity index (χ4n) is 3.38. The van der Waals surface area contributed by atoms with Crippen LogP contribution < -0.4 is 10.2 Å². The van der Waals surface area contributed by atoms with Crippen molar-refractivity contribution < 1.29 is 9.59 Å². The van der Waals surface area contributed by atoms with E-state index in [2.05, 4.69) is 10.3 Å². The number of ketones is 1. The van der Waals surface area contributed by atoms with E-state index in [0.717, 1.165) is 11.3 Å². The molecule has 1 N–H and O–H groups in total. The van der Waals surface area contributed by atoms with Gasteiger partial charge in [-0.05, 0) is 37.6 Å². The molecule has 1 aliphatic rings. The molecule has 4 rings (SSSR count). The highest BCUT2D eigenvalue weighted by Crippen LogP contribution is 2.36. The van der Waals surface area contributed by atoms with Gasteiger partial charge in [-0.25, -0.2) is 14.8 Å². The average molecular weight is 441 g/mol. The molecule has 0 atom stereocenters. The smallest absolute Gasteiger partial charge is 0.293 e. The highest BCUT2D eigenvalue weighted by molar-refractivity contribution is 7.13. The summed E-state index contributed by atoms with van der Waals surface area (Å²) in [5, 5.41) is 5.81. The van der Waals surface area contributed by atoms with E-state index < -0.39 is 5.41 Å². The van der Waals surface area contributed by atoms with Crippen LogP contribution in [0.2, 0.25) is 5.02 Å². The summed E-state index contributed by atoms with van der Waals surface area (Å²) in [4.78, 5) is 36.8. The van der Waals surface area contributed by atoms with E-state index in [1.54, 1.807) is 18.2 Å². The SMILES string of the molecule is Cc1csc(NC(=O)N2CCC(C)(C)C(=O)c3ccc(-c4cccc(Cl)c4)nc32)n1. The summed E-state index contributed by atoms with van der Waals surface area (Å²) in [6.45, 7) is 6.03. The molecule has 0 fully saturated rings. The number of aryl methyl sites for hydroxylation is 1. The van der Waals surface area contributed by atoms with Crippen LogP contribution >= 0.6 is 22.9 Å². The van der Waals surface area contributed by atoms with Crippen LogP contribution in [0.3, 0.4) is 0 Å². The molecule has 3 heterocycles. The van der Waals surface area contributed by atoms with Crippen molar-refractivity contribution in [3.63, 3.8) is 0 Å². The Labute approximate surface area is 183 Å². The molecule has 2 amide bonds. The molecule has 1 aromatic carbocycles. The maximum atomic E-state index is 13.2. The minimum Gasteiger partial charge on any atom is -0.293 e. The summed E-state index contributed by atoms with van der Waals surface area (Å²) in [7, 11) is 0. The van der Waals surface area contributed by atoms with Gasteiger partial charge in [0, 0.05) is 27.9 Å². The molecule has 1 aliphatic heterocycles. The van der Waals surface area contributed by atoms with E-state index in [1.165, 1.54) is 16.2 Å². The number of thiazole rings is 1. The molecule has 154 valence electrons. The maximum absolute atomic E-state index is 13.2. The van der Waals surface area contributed by atoms with Gasteiger partial charge in [-0.1, -0.05) is 37.6 Å². The van der Waals surface area contributed by atoms with Gasteiger partial charge in [0.1, 0.15) is 5.82 Å². The Morgan fingerprint density at radius 1 is 1.23 bits per heavy atom. The molecule has 6 nitrogen and oxygen atoms in total. The topological polar surface area (TPSA) is 75.2 Å². The van der Waals surface area contributed by atoms with Gasteiger partial charge in [-0.2, -0.15) is 0 Å². The van der Waals surface area contributed by atoms with E-state index in [4.69, 9.17) is 16.6 Å². The molecule has 0 saturated heterocycles. The Morgan fingerprint density at radius 2 is 2.03 bits per heavy atom. The van der Waals surface area contributed by atoms with Gasteiger partial charge in [-0.15, -0.1) is 11.3 Å². The number of amides is 2. The number of pyridine rings is 1. The number of aromatic nitrogens is 2. The van der Waals surface area contributed by atoms with Crippen LogP contribution in [0.1, 0.15) is 36.3 Å². The monoisotopic (exact) mass is 440 g/mol. The van der Waals surface area contributed by atoms with Gasteiger partial charge in [0.05, 0.1) is 17.0 Å². The first-order chi connectivity index (χ1) is 14.2. The van der Waals surface area contributed by atoms with Gasteiger partial charge >= 0.3 is 6.03 Å². The number of fused-ring (bicyclic) bond motifs is 1. The molecular weight excluding hydrogens is 420 g/mol. The molecule has 0 radical (unpaired) electrons. The summed E-state index contributed by atoms with van der Waals surface area (Å²) in [6, 6.07) is 10.5. The molecule has 0 aliphatic carbocycles. The lowest BCUT2D eigenvalue weighted by molar-refractivity contribution is 0.0835. The lowest BCUT2D eigenvalue weighted by atomic mass is 9.82. The van der Waals surface area contributed by atoms with Gasteiger partial charge < -0.3 is 0 Å². The van der Waals surface area contributed by atoms with E-state index in [0.29, 0.717) is 40.2 Å². The van der Waals surface area contributed by atoms with E-state index >= 15 is 0 Å². The number of rotatable bonds is 2. The van der Waals surface area contributed by atoms with E-state index in [9.17, 15) is 9.59 Å². The standard InChI is InChI=1S/C22H21ClN4O2S/c1-13-12-30-20(24-13)26-21(29)27-10-9-22(2,3)18(28)16-7-8-17(25-19(16)27)14-5-4-6-15(23)11-14/h4-8,11-12H,9-10H2,1-3H3,(H,24,26,29). The summed E-state index contributed by atoms with van der Waals surface area (Å²) in [6.07, 6.45) is 0.527. The zero-order valence-corrected chi connectivity index (χ0v) is 18.5. The Balaban J connectivity index is 1.78. The first-order valence-corrected chi connectivity index (χ1v) is 10.8. The average Bonchev–Trinajstić information content (AvgIpc) is 3.07. The van der Waals surface area contributed by atoms with Crippen molar-refractivity contribution in [2.45, 2.75) is 27.2 Å². The summed E-state index contributed by atoms with van der Waals surface area (Å²) in [5.74, 6) is 0.330. The third-order valence-electron chi connectivity index (χ3n) is 5.15. The number of nitrogens with one attached hydrogen (secondary N) is 1. The van der Waals surface area contributed by atoms with E-state index in [1.807, 2.05) is 44.4 Å². The number of benzene rings is 1. The summed E-state index contributed by atoms with van der Waals surface area (Å²) < 4.78 is 0. The molecule has 0 spiro atoms. The molecule has 2 aromatic heterocycles. The second kappa shape index (κ2) is 7.81. The second-order valence-electron chi connectivity index (χ2n) is 7.92. The van der Waals surface area contributed by atoms with E-state index in [-0.39, 0.29) is 11.8 Å². The third-order valence-corrected chi connectivity index (χ3v) is 6.26. The zero-order chi connectivity index (χ0) is 21.5. The fourth-order valence-corrected chi connectivity index (χ4v) is 4.25. The van der Waals surface area contributed by atoms with Gasteiger partial charge in [0.2, 0.25) is 0 Å². The van der Waals surface area contributed by atoms with Crippen LogP contribution in [-0.2, 0) is 0 Å². The minimum atomic E-state index is -0.596. The van der Waals surface area contributed by atoms with Crippen LogP contribution in [0.15, 0.2) is 41.8 Å². The molecule has 3 aromatic rings. The van der Waals surface area contributed by atoms with Gasteiger partial charge in [0.25, 0.3) is 0 Å². The summed E-state index contributed by atoms with van der Waals surface area (Å²) in [5.41, 5.74) is 2.14. The predicted molar refractivity (Wildman–Crippen MR) is 121 cm³/mol. The highest BCUT2D eigenvalue weighted by atomic mass is 35.5. The van der Waals surface area contributed by atoms with Crippen molar-refractivity contribution in [2.24, 2.45) is 5.41 Å². The quantitative estimate of drug-likeness (QED) is 0.544. The Hall–Kier alpha value is -2.77. The minimum absolute atomic E-state index is 0.0250. The predicted octanol–water partition coefficient (Wildman–Crippen LogP) is 5.82. The van der Waals surface area contributed by atoms with Crippen LogP contribution in [0.25, 0.3) is 11.3 Å². The van der Waals surface area contributed by atoms with Crippen molar-refractivity contribution in [1.82, 2.24) is 9.97 Å².